The summed E-state index contributed by atoms with van der Waals surface area (Å²) in [5.74, 6) is 0.729. The third-order valence-electron chi connectivity index (χ3n) is 4.72. The van der Waals surface area contributed by atoms with Gasteiger partial charge in [-0.15, -0.1) is 0 Å². The van der Waals surface area contributed by atoms with Gasteiger partial charge in [0.2, 0.25) is 0 Å². The average Bonchev–Trinajstić information content (AvgIpc) is 2.68. The molecule has 2 atom stereocenters. The minimum Gasteiger partial charge on any atom is -0.312 e. The van der Waals surface area contributed by atoms with Gasteiger partial charge in [0.15, 0.2) is 0 Å². The van der Waals surface area contributed by atoms with Crippen LogP contribution in [0.4, 0.5) is 0 Å². The lowest BCUT2D eigenvalue weighted by molar-refractivity contribution is 0.226. The Morgan fingerprint density at radius 3 is 2.81 bits per heavy atom. The Balaban J connectivity index is 2.09. The second-order valence-corrected chi connectivity index (χ2v) is 7.01. The Morgan fingerprint density at radius 1 is 1.43 bits per heavy atom. The average molecular weight is 357 g/mol. The number of aromatic nitrogens is 2. The Labute approximate surface area is 137 Å². The van der Waals surface area contributed by atoms with Crippen LogP contribution in [-0.4, -0.2) is 40.4 Å². The predicted octanol–water partition coefficient (Wildman–Crippen LogP) is 2.96. The van der Waals surface area contributed by atoms with Crippen molar-refractivity contribution in [1.82, 2.24) is 20.0 Å². The van der Waals surface area contributed by atoms with Gasteiger partial charge in [0.1, 0.15) is 0 Å². The summed E-state index contributed by atoms with van der Waals surface area (Å²) >= 11 is 3.74. The number of nitrogens with one attached hydrogen (secondary N) is 1. The summed E-state index contributed by atoms with van der Waals surface area (Å²) in [4.78, 5) is 2.58. The molecule has 0 aromatic carbocycles. The number of halogens is 1. The Hall–Kier alpha value is -0.390. The summed E-state index contributed by atoms with van der Waals surface area (Å²) in [5, 5.41) is 8.33. The number of hydrogen-bond acceptors (Lipinski definition) is 3. The lowest BCUT2D eigenvalue weighted by Gasteiger charge is -2.28. The summed E-state index contributed by atoms with van der Waals surface area (Å²) in [5.41, 5.74) is 2.47. The van der Waals surface area contributed by atoms with E-state index in [1.54, 1.807) is 0 Å². The van der Waals surface area contributed by atoms with Gasteiger partial charge in [-0.2, -0.15) is 5.10 Å². The molecule has 0 bridgehead atoms. The van der Waals surface area contributed by atoms with E-state index in [0.717, 1.165) is 32.0 Å². The highest BCUT2D eigenvalue weighted by atomic mass is 79.9. The van der Waals surface area contributed by atoms with Crippen LogP contribution in [-0.2, 0) is 20.0 Å². The van der Waals surface area contributed by atoms with Gasteiger partial charge in [0.05, 0.1) is 15.9 Å². The van der Waals surface area contributed by atoms with Crippen molar-refractivity contribution in [2.45, 2.75) is 52.6 Å². The van der Waals surface area contributed by atoms with E-state index in [9.17, 15) is 0 Å². The fraction of sp³-hybridized carbons (Fsp3) is 0.812. The zero-order valence-corrected chi connectivity index (χ0v) is 15.4. The van der Waals surface area contributed by atoms with Crippen LogP contribution < -0.4 is 5.32 Å². The molecule has 1 fully saturated rings. The van der Waals surface area contributed by atoms with Crippen molar-refractivity contribution < 1.29 is 0 Å². The van der Waals surface area contributed by atoms with Crippen molar-refractivity contribution in [2.24, 2.45) is 13.0 Å². The number of rotatable bonds is 5. The molecular weight excluding hydrogens is 328 g/mol. The number of aryl methyl sites for hydroxylation is 2. The van der Waals surface area contributed by atoms with Gasteiger partial charge in [-0.1, -0.05) is 27.2 Å². The van der Waals surface area contributed by atoms with Crippen molar-refractivity contribution in [3.8, 4) is 0 Å². The van der Waals surface area contributed by atoms with E-state index in [4.69, 9.17) is 0 Å². The van der Waals surface area contributed by atoms with Crippen LogP contribution in [0, 0.1) is 5.92 Å². The van der Waals surface area contributed by atoms with Crippen molar-refractivity contribution in [2.75, 3.05) is 19.6 Å². The van der Waals surface area contributed by atoms with E-state index in [-0.39, 0.29) is 0 Å². The molecule has 21 heavy (non-hydrogen) atoms. The molecule has 0 saturated carbocycles. The summed E-state index contributed by atoms with van der Waals surface area (Å²) in [6, 6.07) is 0.607. The van der Waals surface area contributed by atoms with Crippen LogP contribution in [0.15, 0.2) is 4.47 Å². The maximum atomic E-state index is 4.62. The van der Waals surface area contributed by atoms with Crippen molar-refractivity contribution >= 4 is 15.9 Å². The molecule has 4 nitrogen and oxygen atoms in total. The largest absolute Gasteiger partial charge is 0.312 e. The summed E-state index contributed by atoms with van der Waals surface area (Å²) < 4.78 is 3.24. The van der Waals surface area contributed by atoms with Crippen LogP contribution in [0.1, 0.15) is 45.0 Å². The molecule has 1 aliphatic rings. The van der Waals surface area contributed by atoms with Gasteiger partial charge >= 0.3 is 0 Å². The molecule has 1 aliphatic heterocycles. The fourth-order valence-electron chi connectivity index (χ4n) is 3.04. The lowest BCUT2D eigenvalue weighted by atomic mass is 9.99. The molecule has 1 saturated heterocycles. The highest BCUT2D eigenvalue weighted by Crippen LogP contribution is 2.24. The molecule has 2 rings (SSSR count). The first kappa shape index (κ1) is 17.0. The summed E-state index contributed by atoms with van der Waals surface area (Å²) in [6.45, 7) is 11.2. The van der Waals surface area contributed by atoms with Gasteiger partial charge in [-0.3, -0.25) is 9.58 Å². The van der Waals surface area contributed by atoms with Crippen LogP contribution >= 0.6 is 15.9 Å². The van der Waals surface area contributed by atoms with Gasteiger partial charge in [-0.05, 0) is 47.8 Å². The fourth-order valence-corrected chi connectivity index (χ4v) is 3.78. The topological polar surface area (TPSA) is 33.1 Å². The molecule has 0 aliphatic carbocycles. The van der Waals surface area contributed by atoms with Crippen molar-refractivity contribution in [3.05, 3.63) is 15.9 Å². The highest BCUT2D eigenvalue weighted by Gasteiger charge is 2.23. The normalized spacial score (nSPS) is 22.2. The second-order valence-electron chi connectivity index (χ2n) is 6.22. The Kier molecular flexibility index (Phi) is 6.26. The van der Waals surface area contributed by atoms with E-state index in [2.05, 4.69) is 59.1 Å². The van der Waals surface area contributed by atoms with Crippen LogP contribution in [0.25, 0.3) is 0 Å². The third-order valence-corrected chi connectivity index (χ3v) is 5.64. The molecule has 5 heteroatoms. The van der Waals surface area contributed by atoms with Gasteiger partial charge in [0.25, 0.3) is 0 Å². The zero-order valence-electron chi connectivity index (χ0n) is 13.8. The minimum absolute atomic E-state index is 0.607. The van der Waals surface area contributed by atoms with E-state index in [1.165, 1.54) is 35.2 Å². The lowest BCUT2D eigenvalue weighted by Crippen LogP contribution is -2.41. The summed E-state index contributed by atoms with van der Waals surface area (Å²) in [6.07, 6.45) is 3.44. The molecule has 120 valence electrons. The van der Waals surface area contributed by atoms with E-state index in [0.29, 0.717) is 6.04 Å². The SMILES string of the molecule is CCc1nn(C)c(CN2CCCNC(C(C)CC)C2)c1Br. The monoisotopic (exact) mass is 356 g/mol. The molecular formula is C16H29BrN4. The quantitative estimate of drug-likeness (QED) is 0.880. The molecule has 0 spiro atoms. The zero-order chi connectivity index (χ0) is 15.4. The molecule has 2 heterocycles. The van der Waals surface area contributed by atoms with E-state index in [1.807, 2.05) is 4.68 Å². The van der Waals surface area contributed by atoms with E-state index < -0.39 is 0 Å². The third kappa shape index (κ3) is 4.08. The predicted molar refractivity (Wildman–Crippen MR) is 91.4 cm³/mol. The molecule has 0 amide bonds. The van der Waals surface area contributed by atoms with Crippen LogP contribution in [0.2, 0.25) is 0 Å². The van der Waals surface area contributed by atoms with Crippen molar-refractivity contribution in [3.63, 3.8) is 0 Å². The first-order valence-corrected chi connectivity index (χ1v) is 9.02. The number of nitrogens with zero attached hydrogens (tertiary/aromatic N) is 3. The second kappa shape index (κ2) is 7.75. The standard InChI is InChI=1S/C16H29BrN4/c1-5-12(3)14-10-21(9-7-8-18-14)11-15-16(17)13(6-2)19-20(15)4/h12,14,18H,5-11H2,1-4H3. The Morgan fingerprint density at radius 2 is 2.19 bits per heavy atom. The van der Waals surface area contributed by atoms with Crippen LogP contribution in [0.5, 0.6) is 0 Å². The summed E-state index contributed by atoms with van der Waals surface area (Å²) in [7, 11) is 2.06. The smallest absolute Gasteiger partial charge is 0.0767 e. The molecule has 1 aromatic heterocycles. The molecule has 2 unspecified atom stereocenters. The Bertz CT molecular complexity index is 457. The molecule has 1 N–H and O–H groups in total. The first-order valence-electron chi connectivity index (χ1n) is 8.22. The number of hydrogen-bond donors (Lipinski definition) is 1. The highest BCUT2D eigenvalue weighted by molar-refractivity contribution is 9.10. The van der Waals surface area contributed by atoms with Gasteiger partial charge in [0, 0.05) is 26.2 Å². The van der Waals surface area contributed by atoms with Crippen LogP contribution in [0.3, 0.4) is 0 Å². The maximum Gasteiger partial charge on any atom is 0.0767 e. The van der Waals surface area contributed by atoms with E-state index >= 15 is 0 Å². The first-order chi connectivity index (χ1) is 10.1. The molecule has 0 radical (unpaired) electrons. The van der Waals surface area contributed by atoms with Gasteiger partial charge in [-0.25, -0.2) is 0 Å². The maximum absolute atomic E-state index is 4.62. The minimum atomic E-state index is 0.607. The van der Waals surface area contributed by atoms with Gasteiger partial charge < -0.3 is 5.32 Å². The van der Waals surface area contributed by atoms with Crippen molar-refractivity contribution in [1.29, 1.82) is 0 Å². The molecule has 1 aromatic rings.